The van der Waals surface area contributed by atoms with Crippen LogP contribution in [-0.2, 0) is 4.79 Å². The predicted molar refractivity (Wildman–Crippen MR) is 61.0 cm³/mol. The summed E-state index contributed by atoms with van der Waals surface area (Å²) < 4.78 is 0. The Bertz CT molecular complexity index is 252. The maximum absolute atomic E-state index is 11.3. The standard InChI is InChI=1S/C11H21N3O/c1-8(12)13-7-10-5-4-6-11(10)14(3)9(2)15/h10-11H,4-7H2,1-3H3,(H2,12,13). The molecular formula is C11H21N3O. The van der Waals surface area contributed by atoms with Crippen molar-refractivity contribution in [2.24, 2.45) is 5.92 Å². The lowest BCUT2D eigenvalue weighted by Crippen LogP contribution is -2.42. The van der Waals surface area contributed by atoms with Gasteiger partial charge in [-0.1, -0.05) is 6.42 Å². The van der Waals surface area contributed by atoms with Gasteiger partial charge in [0.1, 0.15) is 0 Å². The Morgan fingerprint density at radius 2 is 2.13 bits per heavy atom. The first kappa shape index (κ1) is 12.0. The van der Waals surface area contributed by atoms with Gasteiger partial charge >= 0.3 is 0 Å². The van der Waals surface area contributed by atoms with Gasteiger partial charge in [0.05, 0.1) is 5.84 Å². The summed E-state index contributed by atoms with van der Waals surface area (Å²) in [6, 6.07) is 0.356. The molecule has 1 saturated carbocycles. The van der Waals surface area contributed by atoms with Gasteiger partial charge in [-0.05, 0) is 25.7 Å². The molecule has 0 spiro atoms. The van der Waals surface area contributed by atoms with Crippen molar-refractivity contribution in [2.45, 2.75) is 39.2 Å². The fourth-order valence-corrected chi connectivity index (χ4v) is 2.28. The Balaban J connectivity index is 2.49. The van der Waals surface area contributed by atoms with E-state index in [-0.39, 0.29) is 5.91 Å². The largest absolute Gasteiger partial charge is 0.374 e. The fraction of sp³-hybridized carbons (Fsp3) is 0.818. The summed E-state index contributed by atoms with van der Waals surface area (Å²) in [5, 5.41) is 10.4. The summed E-state index contributed by atoms with van der Waals surface area (Å²) in [5.74, 6) is 1.14. The first-order chi connectivity index (χ1) is 7.02. The molecule has 2 atom stereocenters. The highest BCUT2D eigenvalue weighted by Crippen LogP contribution is 2.28. The SMILES string of the molecule is CC(=N)NCC1CCCC1N(C)C(C)=O. The van der Waals surface area contributed by atoms with Crippen LogP contribution in [0.3, 0.4) is 0 Å². The summed E-state index contributed by atoms with van der Waals surface area (Å²) in [6.45, 7) is 4.18. The molecule has 0 aromatic heterocycles. The van der Waals surface area contributed by atoms with E-state index in [2.05, 4.69) is 5.32 Å². The number of amides is 1. The molecule has 86 valence electrons. The van der Waals surface area contributed by atoms with E-state index in [1.54, 1.807) is 13.8 Å². The molecule has 0 aromatic rings. The second-order valence-electron chi connectivity index (χ2n) is 4.39. The molecule has 0 bridgehead atoms. The van der Waals surface area contributed by atoms with Crippen LogP contribution in [0.2, 0.25) is 0 Å². The van der Waals surface area contributed by atoms with Crippen molar-refractivity contribution in [3.63, 3.8) is 0 Å². The molecule has 1 amide bonds. The summed E-state index contributed by atoms with van der Waals surface area (Å²) in [7, 11) is 1.88. The van der Waals surface area contributed by atoms with E-state index in [1.165, 1.54) is 6.42 Å². The highest BCUT2D eigenvalue weighted by atomic mass is 16.2. The van der Waals surface area contributed by atoms with Gasteiger partial charge < -0.3 is 10.2 Å². The molecule has 2 N–H and O–H groups in total. The van der Waals surface area contributed by atoms with E-state index in [0.717, 1.165) is 19.4 Å². The molecule has 15 heavy (non-hydrogen) atoms. The van der Waals surface area contributed by atoms with Crippen LogP contribution in [0.15, 0.2) is 0 Å². The van der Waals surface area contributed by atoms with E-state index in [4.69, 9.17) is 5.41 Å². The molecule has 0 saturated heterocycles. The molecule has 0 aromatic carbocycles. The number of amidine groups is 1. The van der Waals surface area contributed by atoms with Gasteiger partial charge in [0.15, 0.2) is 0 Å². The zero-order valence-corrected chi connectivity index (χ0v) is 9.84. The lowest BCUT2D eigenvalue weighted by molar-refractivity contribution is -0.130. The van der Waals surface area contributed by atoms with E-state index in [0.29, 0.717) is 17.8 Å². The second kappa shape index (κ2) is 5.14. The minimum Gasteiger partial charge on any atom is -0.374 e. The number of carbonyl (C=O) groups excluding carboxylic acids is 1. The molecule has 4 nitrogen and oxygen atoms in total. The van der Waals surface area contributed by atoms with E-state index in [1.807, 2.05) is 11.9 Å². The van der Waals surface area contributed by atoms with E-state index >= 15 is 0 Å². The first-order valence-electron chi connectivity index (χ1n) is 5.54. The van der Waals surface area contributed by atoms with Gasteiger partial charge in [0.25, 0.3) is 0 Å². The summed E-state index contributed by atoms with van der Waals surface area (Å²) in [6.07, 6.45) is 3.44. The fourth-order valence-electron chi connectivity index (χ4n) is 2.28. The summed E-state index contributed by atoms with van der Waals surface area (Å²) in [5.41, 5.74) is 0. The molecule has 2 unspecified atom stereocenters. The number of carbonyl (C=O) groups is 1. The van der Waals surface area contributed by atoms with Crippen molar-refractivity contribution < 1.29 is 4.79 Å². The Labute approximate surface area is 91.5 Å². The topological polar surface area (TPSA) is 56.2 Å². The monoisotopic (exact) mass is 211 g/mol. The van der Waals surface area contributed by atoms with Crippen molar-refractivity contribution in [3.05, 3.63) is 0 Å². The normalized spacial score (nSPS) is 25.0. The molecule has 1 rings (SSSR count). The Kier molecular flexibility index (Phi) is 4.12. The number of hydrogen-bond donors (Lipinski definition) is 2. The minimum atomic E-state index is 0.137. The third kappa shape index (κ3) is 3.22. The average Bonchev–Trinajstić information content (AvgIpc) is 2.60. The highest BCUT2D eigenvalue weighted by molar-refractivity contribution is 5.76. The quantitative estimate of drug-likeness (QED) is 0.545. The van der Waals surface area contributed by atoms with Crippen molar-refractivity contribution in [1.29, 1.82) is 5.41 Å². The third-order valence-corrected chi connectivity index (χ3v) is 3.24. The smallest absolute Gasteiger partial charge is 0.219 e. The van der Waals surface area contributed by atoms with Crippen LogP contribution in [0.25, 0.3) is 0 Å². The summed E-state index contributed by atoms with van der Waals surface area (Å²) >= 11 is 0. The summed E-state index contributed by atoms with van der Waals surface area (Å²) in [4.78, 5) is 13.1. The maximum Gasteiger partial charge on any atom is 0.219 e. The third-order valence-electron chi connectivity index (χ3n) is 3.24. The zero-order valence-electron chi connectivity index (χ0n) is 9.84. The van der Waals surface area contributed by atoms with Gasteiger partial charge in [-0.15, -0.1) is 0 Å². The van der Waals surface area contributed by atoms with Gasteiger partial charge in [0, 0.05) is 26.6 Å². The first-order valence-corrected chi connectivity index (χ1v) is 5.54. The molecule has 0 aliphatic heterocycles. The van der Waals surface area contributed by atoms with Crippen molar-refractivity contribution in [3.8, 4) is 0 Å². The van der Waals surface area contributed by atoms with Crippen molar-refractivity contribution >= 4 is 11.7 Å². The molecule has 1 aliphatic rings. The lowest BCUT2D eigenvalue weighted by Gasteiger charge is -2.29. The predicted octanol–water partition coefficient (Wildman–Crippen LogP) is 1.22. The zero-order chi connectivity index (χ0) is 11.4. The Morgan fingerprint density at radius 1 is 1.47 bits per heavy atom. The number of nitrogens with zero attached hydrogens (tertiary/aromatic N) is 1. The maximum atomic E-state index is 11.3. The molecule has 0 radical (unpaired) electrons. The number of hydrogen-bond acceptors (Lipinski definition) is 2. The van der Waals surface area contributed by atoms with E-state index < -0.39 is 0 Å². The van der Waals surface area contributed by atoms with Crippen LogP contribution in [0.4, 0.5) is 0 Å². The van der Waals surface area contributed by atoms with Crippen LogP contribution < -0.4 is 5.32 Å². The van der Waals surface area contributed by atoms with Crippen molar-refractivity contribution in [2.75, 3.05) is 13.6 Å². The van der Waals surface area contributed by atoms with Crippen molar-refractivity contribution in [1.82, 2.24) is 10.2 Å². The molecule has 0 heterocycles. The van der Waals surface area contributed by atoms with E-state index in [9.17, 15) is 4.79 Å². The molecular weight excluding hydrogens is 190 g/mol. The molecule has 4 heteroatoms. The van der Waals surface area contributed by atoms with Gasteiger partial charge in [0.2, 0.25) is 5.91 Å². The minimum absolute atomic E-state index is 0.137. The van der Waals surface area contributed by atoms with Crippen LogP contribution in [-0.4, -0.2) is 36.3 Å². The van der Waals surface area contributed by atoms with Crippen LogP contribution in [0, 0.1) is 11.3 Å². The Hall–Kier alpha value is -1.06. The number of nitrogens with one attached hydrogen (secondary N) is 2. The van der Waals surface area contributed by atoms with Crippen LogP contribution in [0.1, 0.15) is 33.1 Å². The van der Waals surface area contributed by atoms with Gasteiger partial charge in [-0.2, -0.15) is 0 Å². The van der Waals surface area contributed by atoms with Crippen LogP contribution >= 0.6 is 0 Å². The van der Waals surface area contributed by atoms with Gasteiger partial charge in [-0.25, -0.2) is 0 Å². The molecule has 1 fully saturated rings. The number of rotatable bonds is 3. The average molecular weight is 211 g/mol. The highest BCUT2D eigenvalue weighted by Gasteiger charge is 2.31. The second-order valence-corrected chi connectivity index (χ2v) is 4.39. The van der Waals surface area contributed by atoms with Crippen LogP contribution in [0.5, 0.6) is 0 Å². The lowest BCUT2D eigenvalue weighted by atomic mass is 10.0. The molecule has 1 aliphatic carbocycles. The Morgan fingerprint density at radius 3 is 2.67 bits per heavy atom. The van der Waals surface area contributed by atoms with Gasteiger partial charge in [-0.3, -0.25) is 10.2 Å².